The van der Waals surface area contributed by atoms with Gasteiger partial charge in [-0.25, -0.2) is 13.8 Å². The Morgan fingerprint density at radius 3 is 2.63 bits per heavy atom. The standard InChI is InChI=1S/C13H8BrF2N3/c14-12-11-6-8(17)3-4-19(11)13(18-12)7-1-2-9(15)10(16)5-7/h1-6H,17H2. The molecule has 2 aromatic heterocycles. The molecule has 3 aromatic rings. The number of anilines is 1. The van der Waals surface area contributed by atoms with Gasteiger partial charge in [-0.2, -0.15) is 0 Å². The van der Waals surface area contributed by atoms with E-state index in [-0.39, 0.29) is 0 Å². The Morgan fingerprint density at radius 2 is 1.89 bits per heavy atom. The minimum absolute atomic E-state index is 0.490. The zero-order valence-corrected chi connectivity index (χ0v) is 11.2. The summed E-state index contributed by atoms with van der Waals surface area (Å²) in [5, 5.41) is 0. The molecule has 6 heteroatoms. The highest BCUT2D eigenvalue weighted by Gasteiger charge is 2.13. The third-order valence-corrected chi connectivity index (χ3v) is 3.38. The van der Waals surface area contributed by atoms with E-state index in [1.165, 1.54) is 6.07 Å². The van der Waals surface area contributed by atoms with Crippen molar-refractivity contribution in [3.8, 4) is 11.4 Å². The second-order valence-electron chi connectivity index (χ2n) is 4.07. The summed E-state index contributed by atoms with van der Waals surface area (Å²) in [5.41, 5.74) is 7.57. The van der Waals surface area contributed by atoms with Gasteiger partial charge in [-0.3, -0.25) is 4.40 Å². The summed E-state index contributed by atoms with van der Waals surface area (Å²) >= 11 is 3.33. The summed E-state index contributed by atoms with van der Waals surface area (Å²) < 4.78 is 28.6. The van der Waals surface area contributed by atoms with Crippen LogP contribution in [0.1, 0.15) is 0 Å². The molecule has 0 radical (unpaired) electrons. The van der Waals surface area contributed by atoms with E-state index in [1.54, 1.807) is 22.7 Å². The summed E-state index contributed by atoms with van der Waals surface area (Å²) in [6, 6.07) is 7.14. The molecule has 3 nitrogen and oxygen atoms in total. The van der Waals surface area contributed by atoms with Crippen molar-refractivity contribution in [3.05, 3.63) is 52.8 Å². The molecule has 0 aliphatic rings. The summed E-state index contributed by atoms with van der Waals surface area (Å²) in [6.45, 7) is 0. The van der Waals surface area contributed by atoms with E-state index in [9.17, 15) is 8.78 Å². The predicted molar refractivity (Wildman–Crippen MR) is 72.7 cm³/mol. The number of nitrogens with two attached hydrogens (primary N) is 1. The number of imidazole rings is 1. The van der Waals surface area contributed by atoms with E-state index in [2.05, 4.69) is 20.9 Å². The van der Waals surface area contributed by atoms with Crippen molar-refractivity contribution >= 4 is 27.1 Å². The monoisotopic (exact) mass is 323 g/mol. The van der Waals surface area contributed by atoms with Gasteiger partial charge in [-0.15, -0.1) is 0 Å². The molecule has 96 valence electrons. The molecule has 0 amide bonds. The molecule has 0 bridgehead atoms. The van der Waals surface area contributed by atoms with Gasteiger partial charge in [0.05, 0.1) is 5.52 Å². The van der Waals surface area contributed by atoms with Crippen molar-refractivity contribution in [1.82, 2.24) is 9.38 Å². The van der Waals surface area contributed by atoms with E-state index in [4.69, 9.17) is 5.73 Å². The second-order valence-corrected chi connectivity index (χ2v) is 4.82. The summed E-state index contributed by atoms with van der Waals surface area (Å²) in [7, 11) is 0. The number of pyridine rings is 1. The number of halogens is 3. The van der Waals surface area contributed by atoms with E-state index in [1.807, 2.05) is 0 Å². The van der Waals surface area contributed by atoms with Crippen LogP contribution in [0.2, 0.25) is 0 Å². The van der Waals surface area contributed by atoms with Crippen LogP contribution >= 0.6 is 15.9 Å². The number of rotatable bonds is 1. The fourth-order valence-electron chi connectivity index (χ4n) is 1.90. The summed E-state index contributed by atoms with van der Waals surface area (Å²) in [4.78, 5) is 4.31. The SMILES string of the molecule is Nc1ccn2c(-c3ccc(F)c(F)c3)nc(Br)c2c1. The van der Waals surface area contributed by atoms with Crippen molar-refractivity contribution in [2.45, 2.75) is 0 Å². The Hall–Kier alpha value is -1.95. The Morgan fingerprint density at radius 1 is 1.11 bits per heavy atom. The number of nitrogen functional groups attached to an aromatic ring is 1. The molecule has 0 aliphatic carbocycles. The van der Waals surface area contributed by atoms with Crippen molar-refractivity contribution in [1.29, 1.82) is 0 Å². The molecule has 0 saturated carbocycles. The molecular weight excluding hydrogens is 316 g/mol. The first-order valence-electron chi connectivity index (χ1n) is 5.45. The molecule has 0 aliphatic heterocycles. The zero-order chi connectivity index (χ0) is 13.6. The second kappa shape index (κ2) is 4.31. The van der Waals surface area contributed by atoms with Crippen molar-refractivity contribution in [2.75, 3.05) is 5.73 Å². The number of aromatic nitrogens is 2. The molecule has 2 N–H and O–H groups in total. The summed E-state index contributed by atoms with van der Waals surface area (Å²) in [6.07, 6.45) is 1.74. The van der Waals surface area contributed by atoms with Gasteiger partial charge < -0.3 is 5.73 Å². The van der Waals surface area contributed by atoms with Crippen LogP contribution in [0.4, 0.5) is 14.5 Å². The van der Waals surface area contributed by atoms with Gasteiger partial charge in [0.2, 0.25) is 0 Å². The van der Waals surface area contributed by atoms with E-state index in [0.29, 0.717) is 21.7 Å². The third-order valence-electron chi connectivity index (χ3n) is 2.80. The van der Waals surface area contributed by atoms with E-state index < -0.39 is 11.6 Å². The van der Waals surface area contributed by atoms with Gasteiger partial charge in [0.15, 0.2) is 11.6 Å². The lowest BCUT2D eigenvalue weighted by atomic mass is 10.2. The van der Waals surface area contributed by atoms with Crippen molar-refractivity contribution < 1.29 is 8.78 Å². The molecule has 2 heterocycles. The van der Waals surface area contributed by atoms with Gasteiger partial charge in [-0.1, -0.05) is 0 Å². The number of hydrogen-bond donors (Lipinski definition) is 1. The number of benzene rings is 1. The highest BCUT2D eigenvalue weighted by atomic mass is 79.9. The van der Waals surface area contributed by atoms with Crippen LogP contribution in [0, 0.1) is 11.6 Å². The molecule has 0 fully saturated rings. The fraction of sp³-hybridized carbons (Fsp3) is 0. The van der Waals surface area contributed by atoms with Gasteiger partial charge >= 0.3 is 0 Å². The number of fused-ring (bicyclic) bond motifs is 1. The highest BCUT2D eigenvalue weighted by molar-refractivity contribution is 9.10. The maximum atomic E-state index is 13.3. The molecule has 19 heavy (non-hydrogen) atoms. The van der Waals surface area contributed by atoms with Crippen LogP contribution in [-0.4, -0.2) is 9.38 Å². The van der Waals surface area contributed by atoms with Gasteiger partial charge in [0, 0.05) is 17.4 Å². The van der Waals surface area contributed by atoms with Gasteiger partial charge in [0.25, 0.3) is 0 Å². The average Bonchev–Trinajstić information content (AvgIpc) is 2.70. The normalized spacial score (nSPS) is 11.1. The molecule has 1 aromatic carbocycles. The lowest BCUT2D eigenvalue weighted by Gasteiger charge is -2.02. The minimum atomic E-state index is -0.902. The molecule has 0 saturated heterocycles. The number of hydrogen-bond acceptors (Lipinski definition) is 2. The molecular formula is C13H8BrF2N3. The lowest BCUT2D eigenvalue weighted by molar-refractivity contribution is 0.509. The Labute approximate surface area is 115 Å². The van der Waals surface area contributed by atoms with Crippen molar-refractivity contribution in [3.63, 3.8) is 0 Å². The molecule has 3 rings (SSSR count). The fourth-order valence-corrected chi connectivity index (χ4v) is 2.38. The van der Waals surface area contributed by atoms with Crippen LogP contribution in [0.5, 0.6) is 0 Å². The molecule has 0 spiro atoms. The Bertz CT molecular complexity index is 783. The Kier molecular flexibility index (Phi) is 2.74. The first-order chi connectivity index (χ1) is 9.06. The van der Waals surface area contributed by atoms with Crippen LogP contribution in [0.3, 0.4) is 0 Å². The van der Waals surface area contributed by atoms with Gasteiger partial charge in [0.1, 0.15) is 10.4 Å². The molecule has 0 atom stereocenters. The third kappa shape index (κ3) is 1.98. The zero-order valence-electron chi connectivity index (χ0n) is 9.57. The van der Waals surface area contributed by atoms with Crippen LogP contribution in [-0.2, 0) is 0 Å². The quantitative estimate of drug-likeness (QED) is 0.743. The molecule has 0 unspecified atom stereocenters. The predicted octanol–water partition coefficient (Wildman–Crippen LogP) is 3.62. The first kappa shape index (κ1) is 12.1. The van der Waals surface area contributed by atoms with E-state index in [0.717, 1.165) is 17.6 Å². The minimum Gasteiger partial charge on any atom is -0.399 e. The smallest absolute Gasteiger partial charge is 0.159 e. The van der Waals surface area contributed by atoms with Crippen LogP contribution in [0.25, 0.3) is 16.9 Å². The largest absolute Gasteiger partial charge is 0.399 e. The average molecular weight is 324 g/mol. The van der Waals surface area contributed by atoms with Gasteiger partial charge in [-0.05, 0) is 46.3 Å². The maximum absolute atomic E-state index is 13.3. The first-order valence-corrected chi connectivity index (χ1v) is 6.24. The van der Waals surface area contributed by atoms with E-state index >= 15 is 0 Å². The topological polar surface area (TPSA) is 43.3 Å². The van der Waals surface area contributed by atoms with Crippen LogP contribution in [0.15, 0.2) is 41.1 Å². The Balaban J connectivity index is 2.28. The summed E-state index contributed by atoms with van der Waals surface area (Å²) in [5.74, 6) is -1.27. The highest BCUT2D eigenvalue weighted by Crippen LogP contribution is 2.28. The number of nitrogens with zero attached hydrogens (tertiary/aromatic N) is 2. The van der Waals surface area contributed by atoms with Crippen molar-refractivity contribution in [2.24, 2.45) is 0 Å². The van der Waals surface area contributed by atoms with Crippen LogP contribution < -0.4 is 5.73 Å². The lowest BCUT2D eigenvalue weighted by Crippen LogP contribution is -1.93. The maximum Gasteiger partial charge on any atom is 0.159 e.